The number of nitrogens with zero attached hydrogens (tertiary/aromatic N) is 5. The van der Waals surface area contributed by atoms with Gasteiger partial charge in [-0.2, -0.15) is 10.2 Å². The summed E-state index contributed by atoms with van der Waals surface area (Å²) in [6.07, 6.45) is 5.56. The minimum atomic E-state index is 0.117. The van der Waals surface area contributed by atoms with Crippen molar-refractivity contribution >= 4 is 29.3 Å². The van der Waals surface area contributed by atoms with Gasteiger partial charge in [0.25, 0.3) is 0 Å². The highest BCUT2D eigenvalue weighted by atomic mass is 32.1. The maximum absolute atomic E-state index is 5.91. The lowest BCUT2D eigenvalue weighted by Gasteiger charge is -2.14. The molecule has 1 aromatic carbocycles. The van der Waals surface area contributed by atoms with Crippen molar-refractivity contribution in [1.82, 2.24) is 19.8 Å². The van der Waals surface area contributed by atoms with Crippen LogP contribution in [-0.2, 0) is 6.61 Å². The maximum Gasteiger partial charge on any atom is 0.133 e. The Bertz CT molecular complexity index is 1000. The normalized spacial score (nSPS) is 16.5. The Morgan fingerprint density at radius 1 is 1.28 bits per heavy atom. The Hall–Kier alpha value is -2.80. The lowest BCUT2D eigenvalue weighted by atomic mass is 10.2. The molecule has 0 radical (unpaired) electrons. The molecule has 126 valence electrons. The first kappa shape index (κ1) is 15.7. The standard InChI is InChI=1S/C18H17N5OS/c1-22-11-14(10-20-22)23-8-6-18(25)17(21-23)12-24-15-4-5-16-13(9-15)3-2-7-19-16/h2-10,14H,11-12H2,1H3. The number of fused-ring (bicyclic) bond motifs is 1. The van der Waals surface area contributed by atoms with E-state index in [4.69, 9.17) is 17.0 Å². The van der Waals surface area contributed by atoms with Crippen molar-refractivity contribution in [3.8, 4) is 5.75 Å². The second-order valence-corrected chi connectivity index (χ2v) is 6.37. The van der Waals surface area contributed by atoms with Crippen LogP contribution >= 0.6 is 12.2 Å². The van der Waals surface area contributed by atoms with Gasteiger partial charge in [-0.25, -0.2) is 0 Å². The first-order chi connectivity index (χ1) is 12.2. The number of ether oxygens (including phenoxy) is 1. The van der Waals surface area contributed by atoms with Crippen LogP contribution in [0, 0.1) is 4.51 Å². The zero-order valence-corrected chi connectivity index (χ0v) is 14.6. The molecule has 0 amide bonds. The number of aromatic nitrogens is 3. The van der Waals surface area contributed by atoms with E-state index >= 15 is 0 Å². The quantitative estimate of drug-likeness (QED) is 0.676. The van der Waals surface area contributed by atoms with Gasteiger partial charge in [-0.05, 0) is 30.3 Å². The fourth-order valence-electron chi connectivity index (χ4n) is 2.75. The van der Waals surface area contributed by atoms with E-state index in [-0.39, 0.29) is 6.04 Å². The van der Waals surface area contributed by atoms with E-state index in [9.17, 15) is 0 Å². The number of benzene rings is 1. The summed E-state index contributed by atoms with van der Waals surface area (Å²) in [6.45, 7) is 1.12. The van der Waals surface area contributed by atoms with Crippen molar-refractivity contribution in [1.29, 1.82) is 0 Å². The largest absolute Gasteiger partial charge is 0.487 e. The molecule has 1 aliphatic heterocycles. The summed E-state index contributed by atoms with van der Waals surface area (Å²) in [5.41, 5.74) is 1.69. The Balaban J connectivity index is 1.53. The molecule has 0 spiro atoms. The maximum atomic E-state index is 5.91. The zero-order chi connectivity index (χ0) is 17.2. The molecule has 4 rings (SSSR count). The minimum Gasteiger partial charge on any atom is -0.487 e. The third kappa shape index (κ3) is 3.36. The molecule has 0 bridgehead atoms. The highest BCUT2D eigenvalue weighted by Gasteiger charge is 2.17. The summed E-state index contributed by atoms with van der Waals surface area (Å²) in [5.74, 6) is 0.772. The van der Waals surface area contributed by atoms with Gasteiger partial charge in [0.1, 0.15) is 24.1 Å². The van der Waals surface area contributed by atoms with Gasteiger partial charge in [0.2, 0.25) is 0 Å². The van der Waals surface area contributed by atoms with Crippen LogP contribution in [0.15, 0.2) is 53.9 Å². The first-order valence-corrected chi connectivity index (χ1v) is 8.41. The van der Waals surface area contributed by atoms with Crippen molar-refractivity contribution < 1.29 is 4.74 Å². The number of hydrazone groups is 1. The van der Waals surface area contributed by atoms with Crippen molar-refractivity contribution in [2.75, 3.05) is 13.6 Å². The van der Waals surface area contributed by atoms with Crippen molar-refractivity contribution in [2.24, 2.45) is 5.10 Å². The van der Waals surface area contributed by atoms with E-state index in [2.05, 4.69) is 15.2 Å². The molecule has 1 atom stereocenters. The number of likely N-dealkylation sites (N-methyl/N-ethyl adjacent to an activating group) is 1. The van der Waals surface area contributed by atoms with Crippen LogP contribution < -0.4 is 4.74 Å². The van der Waals surface area contributed by atoms with Crippen LogP contribution in [0.1, 0.15) is 11.7 Å². The fraction of sp³-hybridized carbons (Fsp3) is 0.222. The molecule has 3 aromatic rings. The molecule has 3 heterocycles. The van der Waals surface area contributed by atoms with Crippen LogP contribution in [0.4, 0.5) is 0 Å². The van der Waals surface area contributed by atoms with Crippen LogP contribution in [0.25, 0.3) is 10.9 Å². The highest BCUT2D eigenvalue weighted by molar-refractivity contribution is 7.71. The summed E-state index contributed by atoms with van der Waals surface area (Å²) in [6, 6.07) is 11.8. The number of rotatable bonds is 4. The Kier molecular flexibility index (Phi) is 4.15. The molecule has 0 saturated carbocycles. The second-order valence-electron chi connectivity index (χ2n) is 5.93. The summed E-state index contributed by atoms with van der Waals surface area (Å²) in [7, 11) is 1.94. The molecule has 0 saturated heterocycles. The summed E-state index contributed by atoms with van der Waals surface area (Å²) >= 11 is 5.39. The molecule has 0 N–H and O–H groups in total. The van der Waals surface area contributed by atoms with E-state index in [0.29, 0.717) is 11.1 Å². The second kappa shape index (κ2) is 6.60. The number of pyridine rings is 1. The molecular weight excluding hydrogens is 334 g/mol. The Labute approximate surface area is 150 Å². The smallest absolute Gasteiger partial charge is 0.133 e. The van der Waals surface area contributed by atoms with Gasteiger partial charge in [0.05, 0.1) is 22.8 Å². The predicted molar refractivity (Wildman–Crippen MR) is 99.3 cm³/mol. The number of hydrogen-bond acceptors (Lipinski definition) is 6. The molecule has 0 fully saturated rings. The van der Waals surface area contributed by atoms with Crippen LogP contribution in [0.2, 0.25) is 0 Å². The van der Waals surface area contributed by atoms with Crippen LogP contribution in [-0.4, -0.2) is 39.6 Å². The molecule has 7 heteroatoms. The molecule has 0 aliphatic carbocycles. The van der Waals surface area contributed by atoms with E-state index < -0.39 is 0 Å². The lowest BCUT2D eigenvalue weighted by Crippen LogP contribution is -2.20. The third-order valence-electron chi connectivity index (χ3n) is 4.08. The van der Waals surface area contributed by atoms with Crippen molar-refractivity contribution in [2.45, 2.75) is 12.6 Å². The van der Waals surface area contributed by atoms with Gasteiger partial charge in [0.15, 0.2) is 0 Å². The molecule has 1 unspecified atom stereocenters. The topological polar surface area (TPSA) is 55.5 Å². The minimum absolute atomic E-state index is 0.117. The molecule has 2 aromatic heterocycles. The number of hydrogen-bond donors (Lipinski definition) is 0. The van der Waals surface area contributed by atoms with E-state index in [1.54, 1.807) is 6.20 Å². The molecule has 25 heavy (non-hydrogen) atoms. The predicted octanol–water partition coefficient (Wildman–Crippen LogP) is 3.21. The summed E-state index contributed by atoms with van der Waals surface area (Å²) < 4.78 is 8.48. The molecule has 1 aliphatic rings. The van der Waals surface area contributed by atoms with Crippen molar-refractivity contribution in [3.05, 3.63) is 59.0 Å². The zero-order valence-electron chi connectivity index (χ0n) is 13.7. The van der Waals surface area contributed by atoms with E-state index in [0.717, 1.165) is 28.9 Å². The van der Waals surface area contributed by atoms with Crippen LogP contribution in [0.3, 0.4) is 0 Å². The fourth-order valence-corrected chi connectivity index (χ4v) is 2.91. The van der Waals surface area contributed by atoms with Gasteiger partial charge >= 0.3 is 0 Å². The molecular formula is C18H17N5OS. The van der Waals surface area contributed by atoms with E-state index in [1.807, 2.05) is 65.5 Å². The Morgan fingerprint density at radius 3 is 3.04 bits per heavy atom. The van der Waals surface area contributed by atoms with Gasteiger partial charge in [-0.1, -0.05) is 18.3 Å². The SMILES string of the molecule is CN1CC(n2ccc(=S)c(COc3ccc4ncccc4c3)n2)C=N1. The van der Waals surface area contributed by atoms with Gasteiger partial charge in [-0.3, -0.25) is 14.7 Å². The third-order valence-corrected chi connectivity index (χ3v) is 4.45. The Morgan fingerprint density at radius 2 is 2.20 bits per heavy atom. The van der Waals surface area contributed by atoms with Gasteiger partial charge in [-0.15, -0.1) is 0 Å². The summed E-state index contributed by atoms with van der Waals surface area (Å²) in [4.78, 5) is 4.31. The molecule has 6 nitrogen and oxygen atoms in total. The average Bonchev–Trinajstić information content (AvgIpc) is 3.07. The highest BCUT2D eigenvalue weighted by Crippen LogP contribution is 2.20. The lowest BCUT2D eigenvalue weighted by molar-refractivity contribution is 0.293. The van der Waals surface area contributed by atoms with Gasteiger partial charge < -0.3 is 4.74 Å². The van der Waals surface area contributed by atoms with E-state index in [1.165, 1.54) is 0 Å². The average molecular weight is 351 g/mol. The first-order valence-electron chi connectivity index (χ1n) is 8.00. The van der Waals surface area contributed by atoms with Crippen LogP contribution in [0.5, 0.6) is 5.75 Å². The monoisotopic (exact) mass is 351 g/mol. The summed E-state index contributed by atoms with van der Waals surface area (Å²) in [5, 5.41) is 11.8. The van der Waals surface area contributed by atoms with Gasteiger partial charge in [0, 0.05) is 24.8 Å². The van der Waals surface area contributed by atoms with Crippen molar-refractivity contribution in [3.63, 3.8) is 0 Å².